The van der Waals surface area contributed by atoms with Crippen molar-refractivity contribution in [3.63, 3.8) is 0 Å². The normalized spacial score (nSPS) is 33.7. The van der Waals surface area contributed by atoms with Gasteiger partial charge < -0.3 is 10.2 Å². The van der Waals surface area contributed by atoms with Gasteiger partial charge in [0.1, 0.15) is 6.04 Å². The van der Waals surface area contributed by atoms with Crippen LogP contribution in [0.4, 0.5) is 0 Å². The predicted octanol–water partition coefficient (Wildman–Crippen LogP) is -1.70. The molecule has 1 heterocycles. The number of carboxylic acids is 1. The van der Waals surface area contributed by atoms with Gasteiger partial charge in [-0.2, -0.15) is 0 Å². The molecule has 0 unspecified atom stereocenters. The van der Waals surface area contributed by atoms with Crippen molar-refractivity contribution >= 4 is 5.97 Å². The van der Waals surface area contributed by atoms with Crippen molar-refractivity contribution < 1.29 is 15.0 Å². The monoisotopic (exact) mass is 146 g/mol. The Morgan fingerprint density at radius 1 is 1.60 bits per heavy atom. The Morgan fingerprint density at radius 2 is 2.30 bits per heavy atom. The molecule has 5 heteroatoms. The number of hydrogen-bond acceptors (Lipinski definition) is 4. The van der Waals surface area contributed by atoms with Crippen LogP contribution in [0.1, 0.15) is 6.42 Å². The highest BCUT2D eigenvalue weighted by atomic mass is 16.4. The van der Waals surface area contributed by atoms with Crippen LogP contribution in [0, 0.1) is 0 Å². The van der Waals surface area contributed by atoms with E-state index in [0.717, 1.165) is 0 Å². The molecule has 1 aliphatic heterocycles. The Balaban J connectivity index is 2.39. The third-order valence-electron chi connectivity index (χ3n) is 1.42. The zero-order chi connectivity index (χ0) is 7.56. The number of aliphatic hydroxyl groups excluding tert-OH is 1. The van der Waals surface area contributed by atoms with E-state index in [2.05, 4.69) is 10.9 Å². The van der Waals surface area contributed by atoms with Crippen LogP contribution in [0.5, 0.6) is 0 Å². The number of carboxylic acid groups (broad SMARTS) is 1. The largest absolute Gasteiger partial charge is 0.480 e. The summed E-state index contributed by atoms with van der Waals surface area (Å²) in [5.41, 5.74) is 5.12. The summed E-state index contributed by atoms with van der Waals surface area (Å²) in [7, 11) is 0. The number of aliphatic hydroxyl groups is 1. The fourth-order valence-electron chi connectivity index (χ4n) is 0.877. The van der Waals surface area contributed by atoms with Crippen molar-refractivity contribution in [2.24, 2.45) is 0 Å². The lowest BCUT2D eigenvalue weighted by Gasteiger charge is -2.24. The van der Waals surface area contributed by atoms with Crippen molar-refractivity contribution in [1.82, 2.24) is 10.9 Å². The minimum Gasteiger partial charge on any atom is -0.480 e. The SMILES string of the molecule is O=C(O)[C@H]1C[C@@H](O)CNN1. The standard InChI is InChI=1S/C5H10N2O3/c8-3-1-4(5(9)10)7-6-2-3/h3-4,6-8H,1-2H2,(H,9,10)/t3-,4-/m1/s1. The molecule has 1 fully saturated rings. The first-order valence-corrected chi connectivity index (χ1v) is 3.09. The van der Waals surface area contributed by atoms with Crippen molar-refractivity contribution in [3.8, 4) is 0 Å². The van der Waals surface area contributed by atoms with Crippen LogP contribution < -0.4 is 10.9 Å². The van der Waals surface area contributed by atoms with Crippen LogP contribution in [0.15, 0.2) is 0 Å². The van der Waals surface area contributed by atoms with Crippen molar-refractivity contribution in [1.29, 1.82) is 0 Å². The molecule has 1 saturated heterocycles. The third kappa shape index (κ3) is 1.66. The van der Waals surface area contributed by atoms with E-state index < -0.39 is 18.1 Å². The highest BCUT2D eigenvalue weighted by Gasteiger charge is 2.24. The highest BCUT2D eigenvalue weighted by molar-refractivity contribution is 5.73. The molecule has 0 aliphatic carbocycles. The lowest BCUT2D eigenvalue weighted by Crippen LogP contribution is -2.54. The molecule has 0 radical (unpaired) electrons. The lowest BCUT2D eigenvalue weighted by atomic mass is 10.1. The van der Waals surface area contributed by atoms with Gasteiger partial charge in [0.2, 0.25) is 0 Å². The maximum atomic E-state index is 10.3. The molecule has 0 aromatic carbocycles. The van der Waals surface area contributed by atoms with E-state index in [4.69, 9.17) is 10.2 Å². The number of hydrogen-bond donors (Lipinski definition) is 4. The quantitative estimate of drug-likeness (QED) is 0.354. The maximum Gasteiger partial charge on any atom is 0.322 e. The average Bonchev–Trinajstić information content (AvgIpc) is 1.88. The summed E-state index contributed by atoms with van der Waals surface area (Å²) >= 11 is 0. The molecule has 0 bridgehead atoms. The van der Waals surface area contributed by atoms with E-state index >= 15 is 0 Å². The summed E-state index contributed by atoms with van der Waals surface area (Å²) in [5, 5.41) is 17.4. The Bertz CT molecular complexity index is 139. The summed E-state index contributed by atoms with van der Waals surface area (Å²) in [6.45, 7) is 0.407. The molecule has 5 nitrogen and oxygen atoms in total. The van der Waals surface area contributed by atoms with Gasteiger partial charge in [-0.3, -0.25) is 10.2 Å². The van der Waals surface area contributed by atoms with Crippen LogP contribution >= 0.6 is 0 Å². The number of hydrazine groups is 1. The predicted molar refractivity (Wildman–Crippen MR) is 33.2 cm³/mol. The average molecular weight is 146 g/mol. The van der Waals surface area contributed by atoms with Crippen LogP contribution in [0.25, 0.3) is 0 Å². The summed E-state index contributed by atoms with van der Waals surface area (Å²) in [6, 6.07) is -0.663. The Labute approximate surface area is 58.0 Å². The maximum absolute atomic E-state index is 10.3. The van der Waals surface area contributed by atoms with Crippen LogP contribution in [-0.2, 0) is 4.79 Å². The minimum atomic E-state index is -0.939. The van der Waals surface area contributed by atoms with E-state index in [-0.39, 0.29) is 6.42 Å². The Hall–Kier alpha value is -0.650. The van der Waals surface area contributed by atoms with E-state index in [1.165, 1.54) is 0 Å². The molecule has 0 aromatic rings. The van der Waals surface area contributed by atoms with Crippen LogP contribution in [0.2, 0.25) is 0 Å². The lowest BCUT2D eigenvalue weighted by molar-refractivity contribution is -0.141. The fraction of sp³-hybridized carbons (Fsp3) is 0.800. The first-order valence-electron chi connectivity index (χ1n) is 3.09. The van der Waals surface area contributed by atoms with E-state index in [1.54, 1.807) is 0 Å². The molecule has 2 atom stereocenters. The summed E-state index contributed by atoms with van der Waals surface area (Å²) < 4.78 is 0. The molecule has 0 aromatic heterocycles. The highest BCUT2D eigenvalue weighted by Crippen LogP contribution is 2.00. The number of carbonyl (C=O) groups is 1. The molecular weight excluding hydrogens is 136 g/mol. The van der Waals surface area contributed by atoms with Gasteiger partial charge in [0.15, 0.2) is 0 Å². The molecule has 10 heavy (non-hydrogen) atoms. The van der Waals surface area contributed by atoms with Gasteiger partial charge in [0.05, 0.1) is 6.10 Å². The van der Waals surface area contributed by atoms with Crippen LogP contribution in [-0.4, -0.2) is 34.9 Å². The number of nitrogens with one attached hydrogen (secondary N) is 2. The third-order valence-corrected chi connectivity index (χ3v) is 1.42. The molecule has 0 amide bonds. The molecule has 1 rings (SSSR count). The topological polar surface area (TPSA) is 81.6 Å². The second-order valence-corrected chi connectivity index (χ2v) is 2.31. The summed E-state index contributed by atoms with van der Waals surface area (Å²) in [5.74, 6) is -0.939. The smallest absolute Gasteiger partial charge is 0.322 e. The van der Waals surface area contributed by atoms with Crippen LogP contribution in [0.3, 0.4) is 0 Å². The zero-order valence-corrected chi connectivity index (χ0v) is 5.37. The van der Waals surface area contributed by atoms with Gasteiger partial charge in [0.25, 0.3) is 0 Å². The van der Waals surface area contributed by atoms with Gasteiger partial charge in [0, 0.05) is 13.0 Å². The van der Waals surface area contributed by atoms with Crippen molar-refractivity contribution in [2.75, 3.05) is 6.54 Å². The Morgan fingerprint density at radius 3 is 2.70 bits per heavy atom. The minimum absolute atomic E-state index is 0.266. The number of aliphatic carboxylic acids is 1. The fourth-order valence-corrected chi connectivity index (χ4v) is 0.877. The number of rotatable bonds is 1. The van der Waals surface area contributed by atoms with E-state index in [9.17, 15) is 4.79 Å². The van der Waals surface area contributed by atoms with Gasteiger partial charge in [-0.15, -0.1) is 0 Å². The van der Waals surface area contributed by atoms with E-state index in [1.807, 2.05) is 0 Å². The van der Waals surface area contributed by atoms with Gasteiger partial charge >= 0.3 is 5.97 Å². The first-order chi connectivity index (χ1) is 4.70. The summed E-state index contributed by atoms with van der Waals surface area (Å²) in [4.78, 5) is 10.3. The van der Waals surface area contributed by atoms with Gasteiger partial charge in [-0.05, 0) is 0 Å². The van der Waals surface area contributed by atoms with Gasteiger partial charge in [-0.1, -0.05) is 0 Å². The second kappa shape index (κ2) is 2.96. The second-order valence-electron chi connectivity index (χ2n) is 2.31. The van der Waals surface area contributed by atoms with Crippen molar-refractivity contribution in [2.45, 2.75) is 18.6 Å². The molecule has 58 valence electrons. The Kier molecular flexibility index (Phi) is 2.21. The molecule has 1 aliphatic rings. The number of β-amino-alcohol motifs (C(OH)–C–C–N with tert-alkyl or cyclic N) is 1. The van der Waals surface area contributed by atoms with Crippen molar-refractivity contribution in [3.05, 3.63) is 0 Å². The molecule has 0 spiro atoms. The molecule has 4 N–H and O–H groups in total. The molecular formula is C5H10N2O3. The first kappa shape index (κ1) is 7.46. The van der Waals surface area contributed by atoms with Gasteiger partial charge in [-0.25, -0.2) is 5.43 Å². The zero-order valence-electron chi connectivity index (χ0n) is 5.37. The molecule has 0 saturated carbocycles. The van der Waals surface area contributed by atoms with E-state index in [0.29, 0.717) is 6.54 Å². The summed E-state index contributed by atoms with van der Waals surface area (Å²) in [6.07, 6.45) is -0.287.